The second-order valence-corrected chi connectivity index (χ2v) is 5.75. The number of pyridine rings is 1. The van der Waals surface area contributed by atoms with Gasteiger partial charge in [0.25, 0.3) is 5.69 Å². The molecule has 0 bridgehead atoms. The lowest BCUT2D eigenvalue weighted by Crippen LogP contribution is -2.48. The fraction of sp³-hybridized carbons (Fsp3) is 0.294. The predicted molar refractivity (Wildman–Crippen MR) is 92.2 cm³/mol. The van der Waals surface area contributed by atoms with Crippen LogP contribution in [0.15, 0.2) is 41.2 Å². The lowest BCUT2D eigenvalue weighted by Gasteiger charge is -2.35. The van der Waals surface area contributed by atoms with Crippen LogP contribution in [0.3, 0.4) is 0 Å². The molecule has 0 aromatic carbocycles. The zero-order chi connectivity index (χ0) is 17.8. The Hall–Kier alpha value is -3.16. The monoisotopic (exact) mass is 342 g/mol. The minimum Gasteiger partial charge on any atom is -0.465 e. The summed E-state index contributed by atoms with van der Waals surface area (Å²) < 4.78 is 5.16. The highest BCUT2D eigenvalue weighted by molar-refractivity contribution is 5.91. The van der Waals surface area contributed by atoms with Gasteiger partial charge in [0.1, 0.15) is 17.8 Å². The van der Waals surface area contributed by atoms with E-state index in [-0.39, 0.29) is 11.6 Å². The van der Waals surface area contributed by atoms with Gasteiger partial charge in [-0.3, -0.25) is 14.9 Å². The van der Waals surface area contributed by atoms with Crippen molar-refractivity contribution in [2.45, 2.75) is 6.92 Å². The van der Waals surface area contributed by atoms with Gasteiger partial charge in [-0.25, -0.2) is 4.98 Å². The number of piperazine rings is 1. The first-order valence-electron chi connectivity index (χ1n) is 7.91. The van der Waals surface area contributed by atoms with Crippen LogP contribution in [0.1, 0.15) is 11.3 Å². The highest BCUT2D eigenvalue weighted by Gasteiger charge is 2.22. The second-order valence-electron chi connectivity index (χ2n) is 5.75. The van der Waals surface area contributed by atoms with Crippen LogP contribution in [0.2, 0.25) is 0 Å². The fourth-order valence-corrected chi connectivity index (χ4v) is 2.77. The first-order valence-corrected chi connectivity index (χ1v) is 7.91. The standard InChI is InChI=1S/C17H18N4O4/c1-13-11-14(21(23)24)12-18-17(13)20-8-6-19(7-9-20)16(22)5-4-15-3-2-10-25-15/h2-5,10-12H,6-9H2,1H3/b5-4+. The van der Waals surface area contributed by atoms with Gasteiger partial charge in [0.15, 0.2) is 0 Å². The zero-order valence-corrected chi connectivity index (χ0v) is 13.8. The molecule has 8 nitrogen and oxygen atoms in total. The van der Waals surface area contributed by atoms with Crippen molar-refractivity contribution < 1.29 is 14.1 Å². The summed E-state index contributed by atoms with van der Waals surface area (Å²) in [6, 6.07) is 5.07. The lowest BCUT2D eigenvalue weighted by atomic mass is 10.2. The van der Waals surface area contributed by atoms with Crippen LogP contribution in [0.5, 0.6) is 0 Å². The summed E-state index contributed by atoms with van der Waals surface area (Å²) in [6.07, 6.45) is 5.98. The van der Waals surface area contributed by atoms with Gasteiger partial charge in [-0.1, -0.05) is 0 Å². The van der Waals surface area contributed by atoms with E-state index < -0.39 is 4.92 Å². The Morgan fingerprint density at radius 3 is 2.72 bits per heavy atom. The van der Waals surface area contributed by atoms with Crippen molar-refractivity contribution in [3.63, 3.8) is 0 Å². The van der Waals surface area contributed by atoms with Gasteiger partial charge in [-0.05, 0) is 30.7 Å². The molecule has 2 aromatic rings. The maximum Gasteiger partial charge on any atom is 0.287 e. The van der Waals surface area contributed by atoms with Crippen molar-refractivity contribution in [3.05, 3.63) is 58.2 Å². The molecule has 8 heteroatoms. The van der Waals surface area contributed by atoms with Crippen LogP contribution in [0.4, 0.5) is 11.5 Å². The van der Waals surface area contributed by atoms with E-state index in [1.165, 1.54) is 18.3 Å². The predicted octanol–water partition coefficient (Wildman–Crippen LogP) is 2.25. The van der Waals surface area contributed by atoms with Gasteiger partial charge in [-0.15, -0.1) is 0 Å². The SMILES string of the molecule is Cc1cc([N+](=O)[O-])cnc1N1CCN(C(=O)/C=C/c2ccco2)CC1. The molecule has 0 aliphatic carbocycles. The average Bonchev–Trinajstić information content (AvgIpc) is 3.13. The number of aromatic nitrogens is 1. The van der Waals surface area contributed by atoms with Crippen molar-refractivity contribution >= 4 is 23.5 Å². The number of furan rings is 1. The Morgan fingerprint density at radius 1 is 1.36 bits per heavy atom. The van der Waals surface area contributed by atoms with E-state index in [4.69, 9.17) is 4.42 Å². The van der Waals surface area contributed by atoms with E-state index >= 15 is 0 Å². The molecule has 25 heavy (non-hydrogen) atoms. The molecule has 3 rings (SSSR count). The zero-order valence-electron chi connectivity index (χ0n) is 13.8. The van der Waals surface area contributed by atoms with Gasteiger partial charge in [0.2, 0.25) is 5.91 Å². The molecule has 0 N–H and O–H groups in total. The first-order chi connectivity index (χ1) is 12.0. The normalized spacial score (nSPS) is 14.9. The van der Waals surface area contributed by atoms with E-state index in [0.717, 1.165) is 11.4 Å². The van der Waals surface area contributed by atoms with Crippen LogP contribution in [-0.4, -0.2) is 46.9 Å². The summed E-state index contributed by atoms with van der Waals surface area (Å²) in [6.45, 7) is 4.20. The Labute approximate surface area is 144 Å². The molecular formula is C17H18N4O4. The minimum atomic E-state index is -0.453. The summed E-state index contributed by atoms with van der Waals surface area (Å²) in [7, 11) is 0. The topological polar surface area (TPSA) is 92.7 Å². The summed E-state index contributed by atoms with van der Waals surface area (Å²) in [5, 5.41) is 10.8. The molecule has 0 atom stereocenters. The second kappa shape index (κ2) is 7.16. The number of nitrogens with zero attached hydrogens (tertiary/aromatic N) is 4. The van der Waals surface area contributed by atoms with Gasteiger partial charge in [0, 0.05) is 38.3 Å². The maximum atomic E-state index is 12.2. The van der Waals surface area contributed by atoms with Crippen molar-refractivity contribution in [2.24, 2.45) is 0 Å². The summed E-state index contributed by atoms with van der Waals surface area (Å²) >= 11 is 0. The Morgan fingerprint density at radius 2 is 2.12 bits per heavy atom. The molecule has 3 heterocycles. The van der Waals surface area contributed by atoms with Gasteiger partial charge >= 0.3 is 0 Å². The Bertz CT molecular complexity index is 793. The summed E-state index contributed by atoms with van der Waals surface area (Å²) in [5.41, 5.74) is 0.741. The molecule has 0 radical (unpaired) electrons. The van der Waals surface area contributed by atoms with Gasteiger partial charge < -0.3 is 14.2 Å². The van der Waals surface area contributed by atoms with E-state index in [2.05, 4.69) is 4.98 Å². The molecule has 130 valence electrons. The van der Waals surface area contributed by atoms with Crippen LogP contribution in [-0.2, 0) is 4.79 Å². The largest absolute Gasteiger partial charge is 0.465 e. The molecular weight excluding hydrogens is 324 g/mol. The highest BCUT2D eigenvalue weighted by Crippen LogP contribution is 2.22. The third kappa shape index (κ3) is 3.85. The molecule has 1 amide bonds. The van der Waals surface area contributed by atoms with Crippen LogP contribution < -0.4 is 4.90 Å². The minimum absolute atomic E-state index is 0.0156. The number of carbonyl (C=O) groups is 1. The van der Waals surface area contributed by atoms with E-state index in [1.807, 2.05) is 4.90 Å². The Kier molecular flexibility index (Phi) is 4.78. The van der Waals surface area contributed by atoms with Crippen molar-refractivity contribution in [1.29, 1.82) is 0 Å². The van der Waals surface area contributed by atoms with Crippen molar-refractivity contribution in [2.75, 3.05) is 31.1 Å². The number of carbonyl (C=O) groups excluding carboxylic acids is 1. The summed E-state index contributed by atoms with van der Waals surface area (Å²) in [5.74, 6) is 1.30. The number of hydrogen-bond donors (Lipinski definition) is 0. The molecule has 1 fully saturated rings. The highest BCUT2D eigenvalue weighted by atomic mass is 16.6. The van der Waals surface area contributed by atoms with E-state index in [9.17, 15) is 14.9 Å². The Balaban J connectivity index is 1.60. The van der Waals surface area contributed by atoms with Crippen molar-refractivity contribution in [3.8, 4) is 0 Å². The third-order valence-electron chi connectivity index (χ3n) is 4.07. The van der Waals surface area contributed by atoms with Crippen LogP contribution >= 0.6 is 0 Å². The molecule has 1 saturated heterocycles. The van der Waals surface area contributed by atoms with Crippen molar-refractivity contribution in [1.82, 2.24) is 9.88 Å². The smallest absolute Gasteiger partial charge is 0.287 e. The summed E-state index contributed by atoms with van der Waals surface area (Å²) in [4.78, 5) is 30.6. The van der Waals surface area contributed by atoms with E-state index in [0.29, 0.717) is 31.9 Å². The first kappa shape index (κ1) is 16.7. The number of hydrogen-bond acceptors (Lipinski definition) is 6. The number of rotatable bonds is 4. The fourth-order valence-electron chi connectivity index (χ4n) is 2.77. The maximum absolute atomic E-state index is 12.2. The number of amides is 1. The molecule has 0 unspecified atom stereocenters. The van der Waals surface area contributed by atoms with Crippen LogP contribution in [0.25, 0.3) is 6.08 Å². The molecule has 1 aliphatic rings. The van der Waals surface area contributed by atoms with Crippen LogP contribution in [0, 0.1) is 17.0 Å². The van der Waals surface area contributed by atoms with E-state index in [1.54, 1.807) is 36.3 Å². The number of aryl methyl sites for hydroxylation is 1. The quantitative estimate of drug-likeness (QED) is 0.481. The number of nitro groups is 1. The molecule has 0 spiro atoms. The third-order valence-corrected chi connectivity index (χ3v) is 4.07. The molecule has 1 aliphatic heterocycles. The van der Waals surface area contributed by atoms with Gasteiger partial charge in [-0.2, -0.15) is 0 Å². The lowest BCUT2D eigenvalue weighted by molar-refractivity contribution is -0.385. The van der Waals surface area contributed by atoms with Gasteiger partial charge in [0.05, 0.1) is 11.2 Å². The molecule has 0 saturated carbocycles. The number of anilines is 1. The molecule has 2 aromatic heterocycles. The average molecular weight is 342 g/mol.